The molecule has 142 valence electrons. The molecule has 0 fully saturated rings. The molecular weight excluding hydrogens is 381 g/mol. The molecule has 0 aliphatic rings. The van der Waals surface area contributed by atoms with E-state index in [2.05, 4.69) is 20.5 Å². The largest absolute Gasteiger partial charge is 0.380 e. The maximum Gasteiger partial charge on any atom is 0.267 e. The maximum atomic E-state index is 14.3. The number of anilines is 1. The number of nitrogens with zero attached hydrogens (tertiary/aromatic N) is 4. The van der Waals surface area contributed by atoms with Gasteiger partial charge in [0, 0.05) is 41.6 Å². The average molecular weight is 397 g/mol. The summed E-state index contributed by atoms with van der Waals surface area (Å²) in [6, 6.07) is 8.27. The summed E-state index contributed by atoms with van der Waals surface area (Å²) in [4.78, 5) is 17.5. The van der Waals surface area contributed by atoms with Gasteiger partial charge in [-0.15, -0.1) is 21.5 Å². The number of fused-ring (bicyclic) bond motifs is 1. The van der Waals surface area contributed by atoms with Gasteiger partial charge in [0.2, 0.25) is 0 Å². The number of aryl methyl sites for hydroxylation is 1. The summed E-state index contributed by atoms with van der Waals surface area (Å²) in [5, 5.41) is 11.1. The molecule has 0 bridgehead atoms. The van der Waals surface area contributed by atoms with Crippen molar-refractivity contribution in [1.82, 2.24) is 19.7 Å². The first-order valence-electron chi connectivity index (χ1n) is 8.39. The topological polar surface area (TPSA) is 81.9 Å². The van der Waals surface area contributed by atoms with Crippen LogP contribution in [0.5, 0.6) is 0 Å². The highest BCUT2D eigenvalue weighted by molar-refractivity contribution is 7.21. The SMILES string of the molecule is COCc1c(C(=O)Nc2ccc(-c3nncn3C)cn2)sc2cccc(F)c12. The number of amides is 1. The van der Waals surface area contributed by atoms with Gasteiger partial charge in [-0.2, -0.15) is 0 Å². The second-order valence-electron chi connectivity index (χ2n) is 6.11. The fourth-order valence-corrected chi connectivity index (χ4v) is 4.07. The van der Waals surface area contributed by atoms with Crippen LogP contribution in [0, 0.1) is 5.82 Å². The molecule has 0 atom stereocenters. The van der Waals surface area contributed by atoms with Gasteiger partial charge >= 0.3 is 0 Å². The minimum Gasteiger partial charge on any atom is -0.380 e. The van der Waals surface area contributed by atoms with Gasteiger partial charge in [0.15, 0.2) is 5.82 Å². The van der Waals surface area contributed by atoms with Crippen molar-refractivity contribution in [2.45, 2.75) is 6.61 Å². The van der Waals surface area contributed by atoms with Crippen molar-refractivity contribution in [2.24, 2.45) is 7.05 Å². The summed E-state index contributed by atoms with van der Waals surface area (Å²) in [6.07, 6.45) is 3.21. The highest BCUT2D eigenvalue weighted by atomic mass is 32.1. The molecule has 1 aromatic carbocycles. The Morgan fingerprint density at radius 2 is 2.18 bits per heavy atom. The van der Waals surface area contributed by atoms with Crippen LogP contribution in [0.2, 0.25) is 0 Å². The van der Waals surface area contributed by atoms with E-state index in [9.17, 15) is 9.18 Å². The summed E-state index contributed by atoms with van der Waals surface area (Å²) >= 11 is 1.23. The summed E-state index contributed by atoms with van der Waals surface area (Å²) < 4.78 is 21.9. The highest BCUT2D eigenvalue weighted by Crippen LogP contribution is 2.34. The third-order valence-electron chi connectivity index (χ3n) is 4.23. The smallest absolute Gasteiger partial charge is 0.267 e. The van der Waals surface area contributed by atoms with Crippen LogP contribution in [0.4, 0.5) is 10.2 Å². The Labute approximate surface area is 163 Å². The molecule has 0 unspecified atom stereocenters. The molecule has 3 aromatic heterocycles. The van der Waals surface area contributed by atoms with Gasteiger partial charge in [-0.25, -0.2) is 9.37 Å². The fraction of sp³-hybridized carbons (Fsp3) is 0.158. The van der Waals surface area contributed by atoms with Gasteiger partial charge in [0.25, 0.3) is 5.91 Å². The van der Waals surface area contributed by atoms with Gasteiger partial charge in [-0.3, -0.25) is 4.79 Å². The lowest BCUT2D eigenvalue weighted by Gasteiger charge is -2.07. The Bertz CT molecular complexity index is 1150. The lowest BCUT2D eigenvalue weighted by molar-refractivity contribution is 0.102. The van der Waals surface area contributed by atoms with E-state index in [1.54, 1.807) is 41.4 Å². The molecule has 3 heterocycles. The first kappa shape index (κ1) is 18.2. The van der Waals surface area contributed by atoms with E-state index in [4.69, 9.17) is 4.74 Å². The van der Waals surface area contributed by atoms with E-state index in [0.29, 0.717) is 32.2 Å². The Morgan fingerprint density at radius 3 is 2.86 bits per heavy atom. The van der Waals surface area contributed by atoms with Crippen LogP contribution in [0.1, 0.15) is 15.2 Å². The van der Waals surface area contributed by atoms with Crippen molar-refractivity contribution in [3.8, 4) is 11.4 Å². The number of pyridine rings is 1. The zero-order chi connectivity index (χ0) is 19.7. The predicted molar refractivity (Wildman–Crippen MR) is 105 cm³/mol. The van der Waals surface area contributed by atoms with Gasteiger partial charge in [-0.05, 0) is 24.3 Å². The first-order valence-corrected chi connectivity index (χ1v) is 9.20. The quantitative estimate of drug-likeness (QED) is 0.556. The van der Waals surface area contributed by atoms with Gasteiger partial charge in [0.05, 0.1) is 11.5 Å². The predicted octanol–water partition coefficient (Wildman–Crippen LogP) is 3.63. The molecule has 7 nitrogen and oxygen atoms in total. The molecule has 0 aliphatic carbocycles. The number of carbonyl (C=O) groups excluding carboxylic acids is 1. The van der Waals surface area contributed by atoms with Crippen molar-refractivity contribution < 1.29 is 13.9 Å². The van der Waals surface area contributed by atoms with Gasteiger partial charge < -0.3 is 14.6 Å². The fourth-order valence-electron chi connectivity index (χ4n) is 2.95. The molecule has 28 heavy (non-hydrogen) atoms. The van der Waals surface area contributed by atoms with E-state index >= 15 is 0 Å². The lowest BCUT2D eigenvalue weighted by atomic mass is 10.1. The van der Waals surface area contributed by atoms with Gasteiger partial charge in [-0.1, -0.05) is 6.07 Å². The number of hydrogen-bond acceptors (Lipinski definition) is 6. The minimum atomic E-state index is -0.369. The molecule has 4 aromatic rings. The Balaban J connectivity index is 1.63. The lowest BCUT2D eigenvalue weighted by Crippen LogP contribution is -2.13. The number of carbonyl (C=O) groups is 1. The van der Waals surface area contributed by atoms with Crippen LogP contribution >= 0.6 is 11.3 Å². The molecule has 9 heteroatoms. The molecule has 0 aliphatic heterocycles. The van der Waals surface area contributed by atoms with Crippen LogP contribution in [0.15, 0.2) is 42.9 Å². The molecule has 0 saturated heterocycles. The minimum absolute atomic E-state index is 0.141. The maximum absolute atomic E-state index is 14.3. The number of halogens is 1. The van der Waals surface area contributed by atoms with Crippen LogP contribution < -0.4 is 5.32 Å². The summed E-state index contributed by atoms with van der Waals surface area (Å²) in [7, 11) is 3.35. The number of ether oxygens (including phenoxy) is 1. The van der Waals surface area contributed by atoms with E-state index in [1.165, 1.54) is 24.5 Å². The van der Waals surface area contributed by atoms with Crippen LogP contribution in [-0.2, 0) is 18.4 Å². The van der Waals surface area contributed by atoms with Crippen molar-refractivity contribution >= 4 is 33.1 Å². The number of rotatable bonds is 5. The van der Waals surface area contributed by atoms with Crippen molar-refractivity contribution in [2.75, 3.05) is 12.4 Å². The van der Waals surface area contributed by atoms with E-state index in [0.717, 1.165) is 5.56 Å². The zero-order valence-electron chi connectivity index (χ0n) is 15.1. The van der Waals surface area contributed by atoms with E-state index in [1.807, 2.05) is 7.05 Å². The molecule has 4 rings (SSSR count). The summed E-state index contributed by atoms with van der Waals surface area (Å²) in [6.45, 7) is 0.141. The molecular formula is C19H16FN5O2S. The molecule has 1 N–H and O–H groups in total. The van der Waals surface area contributed by atoms with Crippen molar-refractivity contribution in [1.29, 1.82) is 0 Å². The second-order valence-corrected chi connectivity index (χ2v) is 7.16. The van der Waals surface area contributed by atoms with E-state index < -0.39 is 0 Å². The Morgan fingerprint density at radius 1 is 1.32 bits per heavy atom. The zero-order valence-corrected chi connectivity index (χ0v) is 16.0. The number of thiophene rings is 1. The number of methoxy groups -OCH3 is 1. The first-order chi connectivity index (χ1) is 13.6. The monoisotopic (exact) mass is 397 g/mol. The van der Waals surface area contributed by atoms with Crippen molar-refractivity contribution in [3.05, 3.63) is 59.1 Å². The third kappa shape index (κ3) is 3.25. The molecule has 0 spiro atoms. The van der Waals surface area contributed by atoms with Crippen molar-refractivity contribution in [3.63, 3.8) is 0 Å². The standard InChI is InChI=1S/C19H16FN5O2S/c1-25-10-22-24-18(25)11-6-7-15(21-8-11)23-19(26)17-12(9-27-2)16-13(20)4-3-5-14(16)28-17/h3-8,10H,9H2,1-2H3,(H,21,23,26). The third-order valence-corrected chi connectivity index (χ3v) is 5.43. The number of aromatic nitrogens is 4. The number of benzene rings is 1. The molecule has 0 radical (unpaired) electrons. The van der Waals surface area contributed by atoms with Crippen LogP contribution in [0.25, 0.3) is 21.5 Å². The van der Waals surface area contributed by atoms with Crippen LogP contribution in [-0.4, -0.2) is 32.8 Å². The average Bonchev–Trinajstić information content (AvgIpc) is 3.27. The number of nitrogens with one attached hydrogen (secondary N) is 1. The molecule has 0 saturated carbocycles. The van der Waals surface area contributed by atoms with Crippen LogP contribution in [0.3, 0.4) is 0 Å². The summed E-state index contributed by atoms with van der Waals surface area (Å²) in [5.41, 5.74) is 1.32. The number of hydrogen-bond donors (Lipinski definition) is 1. The second kappa shape index (κ2) is 7.45. The summed E-state index contributed by atoms with van der Waals surface area (Å²) in [5.74, 6) is 0.336. The normalized spacial score (nSPS) is 11.1. The van der Waals surface area contributed by atoms with Gasteiger partial charge in [0.1, 0.15) is 18.0 Å². The highest BCUT2D eigenvalue weighted by Gasteiger charge is 2.21. The van der Waals surface area contributed by atoms with E-state index in [-0.39, 0.29) is 18.3 Å². The Kier molecular flexibility index (Phi) is 4.84. The molecule has 1 amide bonds. The Hall–Kier alpha value is -3.17.